The molecule has 1 heterocycles. The van der Waals surface area contributed by atoms with Crippen molar-refractivity contribution in [3.8, 4) is 11.8 Å². The van der Waals surface area contributed by atoms with Crippen LogP contribution >= 0.6 is 0 Å². The van der Waals surface area contributed by atoms with Crippen LogP contribution in [0.5, 0.6) is 11.8 Å². The topological polar surface area (TPSA) is 80.3 Å². The Bertz CT molecular complexity index is 319. The summed E-state index contributed by atoms with van der Waals surface area (Å²) in [4.78, 5) is 13.0. The van der Waals surface area contributed by atoms with Crippen LogP contribution in [0.2, 0.25) is 0 Å². The van der Waals surface area contributed by atoms with Crippen LogP contribution in [-0.4, -0.2) is 36.2 Å². The van der Waals surface area contributed by atoms with E-state index < -0.39 is 0 Å². The summed E-state index contributed by atoms with van der Waals surface area (Å²) in [6.45, 7) is 0. The van der Waals surface area contributed by atoms with Crippen molar-refractivity contribution >= 4 is 5.95 Å². The average Bonchev–Trinajstić information content (AvgIpc) is 2.27. The van der Waals surface area contributed by atoms with Crippen molar-refractivity contribution in [1.29, 1.82) is 5.53 Å². The lowest BCUT2D eigenvalue weighted by Gasteiger charge is -1.98. The summed E-state index contributed by atoms with van der Waals surface area (Å²) in [7, 11) is 4.27. The first-order chi connectivity index (χ1) is 6.71. The number of nitrogens with zero attached hydrogens (tertiary/aromatic N) is 3. The zero-order valence-electron chi connectivity index (χ0n) is 8.14. The van der Waals surface area contributed by atoms with Crippen LogP contribution < -0.4 is 9.47 Å². The molecule has 7 nitrogen and oxygen atoms in total. The lowest BCUT2D eigenvalue weighted by molar-refractivity contribution is -0.791. The Morgan fingerprint density at radius 3 is 2.00 bits per heavy atom. The van der Waals surface area contributed by atoms with Gasteiger partial charge in [-0.15, -0.1) is 5.53 Å². The summed E-state index contributed by atoms with van der Waals surface area (Å²) in [5, 5.41) is 0. The molecular formula is C7H11N4O3+. The number of rotatable bonds is 4. The third kappa shape index (κ3) is 2.06. The van der Waals surface area contributed by atoms with E-state index >= 15 is 0 Å². The summed E-state index contributed by atoms with van der Waals surface area (Å²) in [5.41, 5.74) is 7.28. The zero-order valence-corrected chi connectivity index (χ0v) is 8.14. The summed E-state index contributed by atoms with van der Waals surface area (Å²) >= 11 is 0. The molecule has 0 aliphatic heterocycles. The molecule has 0 saturated heterocycles. The first-order valence-electron chi connectivity index (χ1n) is 3.73. The molecule has 1 N–H and O–H groups in total. The second-order valence-corrected chi connectivity index (χ2v) is 2.23. The van der Waals surface area contributed by atoms with E-state index in [2.05, 4.69) is 14.8 Å². The molecule has 0 unspecified atom stereocenters. The molecule has 1 aromatic heterocycles. The Balaban J connectivity index is 3.10. The van der Waals surface area contributed by atoms with Crippen LogP contribution in [0.4, 0.5) is 5.95 Å². The quantitative estimate of drug-likeness (QED) is 0.439. The van der Waals surface area contributed by atoms with Gasteiger partial charge in [-0.2, -0.15) is 0 Å². The summed E-state index contributed by atoms with van der Waals surface area (Å²) in [6, 6.07) is 1.51. The highest BCUT2D eigenvalue weighted by molar-refractivity contribution is 5.24. The van der Waals surface area contributed by atoms with Crippen molar-refractivity contribution in [2.75, 3.05) is 21.3 Å². The van der Waals surface area contributed by atoms with E-state index in [-0.39, 0.29) is 5.95 Å². The highest BCUT2D eigenvalue weighted by Crippen LogP contribution is 2.18. The molecule has 1 rings (SSSR count). The van der Waals surface area contributed by atoms with Gasteiger partial charge in [0.15, 0.2) is 0 Å². The number of aromatic nitrogens is 2. The van der Waals surface area contributed by atoms with Gasteiger partial charge in [0.05, 0.1) is 20.3 Å². The van der Waals surface area contributed by atoms with Crippen molar-refractivity contribution in [2.24, 2.45) is 0 Å². The molecule has 0 amide bonds. The van der Waals surface area contributed by atoms with Crippen molar-refractivity contribution in [2.45, 2.75) is 0 Å². The average molecular weight is 199 g/mol. The maximum Gasteiger partial charge on any atom is 0.497 e. The number of ether oxygens (including phenoxy) is 2. The third-order valence-electron chi connectivity index (χ3n) is 1.45. The molecular weight excluding hydrogens is 188 g/mol. The molecule has 0 radical (unpaired) electrons. The smallest absolute Gasteiger partial charge is 0.469 e. The molecule has 7 heteroatoms. The molecule has 76 valence electrons. The fourth-order valence-corrected chi connectivity index (χ4v) is 0.774. The minimum Gasteiger partial charge on any atom is -0.469 e. The number of hydrogen-bond donors (Lipinski definition) is 1. The van der Waals surface area contributed by atoms with E-state index in [0.717, 1.165) is 0 Å². The molecule has 14 heavy (non-hydrogen) atoms. The monoisotopic (exact) mass is 199 g/mol. The van der Waals surface area contributed by atoms with E-state index in [9.17, 15) is 0 Å². The van der Waals surface area contributed by atoms with Crippen LogP contribution in [0.25, 0.3) is 0 Å². The lowest BCUT2D eigenvalue weighted by atomic mass is 10.6. The van der Waals surface area contributed by atoms with Gasteiger partial charge in [-0.25, -0.2) is 0 Å². The molecule has 1 aromatic rings. The van der Waals surface area contributed by atoms with E-state index in [4.69, 9.17) is 15.0 Å². The van der Waals surface area contributed by atoms with Crippen LogP contribution in [0.3, 0.4) is 0 Å². The molecule has 0 aromatic carbocycles. The summed E-state index contributed by atoms with van der Waals surface area (Å²) in [6.07, 6.45) is 0. The summed E-state index contributed by atoms with van der Waals surface area (Å²) < 4.78 is 9.79. The minimum atomic E-state index is 0.0451. The third-order valence-corrected chi connectivity index (χ3v) is 1.45. The molecule has 0 bridgehead atoms. The SMILES string of the molecule is COc1cc(OC)nc([N+](=N)OC)n1. The highest BCUT2D eigenvalue weighted by atomic mass is 16.7. The van der Waals surface area contributed by atoms with Crippen LogP contribution in [0, 0.1) is 5.53 Å². The highest BCUT2D eigenvalue weighted by Gasteiger charge is 2.19. The first kappa shape index (κ1) is 10.2. The fourth-order valence-electron chi connectivity index (χ4n) is 0.774. The lowest BCUT2D eigenvalue weighted by Crippen LogP contribution is -2.04. The molecule has 0 aliphatic carbocycles. The first-order valence-corrected chi connectivity index (χ1v) is 3.73. The van der Waals surface area contributed by atoms with Gasteiger partial charge in [-0.1, -0.05) is 0 Å². The van der Waals surface area contributed by atoms with Gasteiger partial charge in [0, 0.05) is 4.86 Å². The van der Waals surface area contributed by atoms with Gasteiger partial charge >= 0.3 is 17.7 Å². The second-order valence-electron chi connectivity index (χ2n) is 2.23. The Morgan fingerprint density at radius 2 is 1.64 bits per heavy atom. The van der Waals surface area contributed by atoms with Gasteiger partial charge in [-0.3, -0.25) is 0 Å². The number of methoxy groups -OCH3 is 2. The number of nitrogens with one attached hydrogen (secondary N) is 1. The van der Waals surface area contributed by atoms with E-state index in [1.807, 2.05) is 0 Å². The van der Waals surface area contributed by atoms with Crippen LogP contribution in [-0.2, 0) is 4.84 Å². The largest absolute Gasteiger partial charge is 0.497 e. The molecule has 0 aliphatic rings. The molecule has 0 spiro atoms. The molecule has 0 atom stereocenters. The Hall–Kier alpha value is -1.92. The predicted octanol–water partition coefficient (Wildman–Crippen LogP) is 0.730. The normalized spacial score (nSPS) is 9.36. The van der Waals surface area contributed by atoms with Gasteiger partial charge in [0.2, 0.25) is 0 Å². The fraction of sp³-hybridized carbons (Fsp3) is 0.429. The maximum atomic E-state index is 7.28. The predicted molar refractivity (Wildman–Crippen MR) is 44.8 cm³/mol. The van der Waals surface area contributed by atoms with Gasteiger partial charge < -0.3 is 14.3 Å². The minimum absolute atomic E-state index is 0.0451. The van der Waals surface area contributed by atoms with Crippen LogP contribution in [0.15, 0.2) is 6.07 Å². The standard InChI is InChI=1S/C7H11N4O3/c1-12-5-4-6(13-2)10-7(9-5)11(8)14-3/h4,8H,1-3H3/q+1. The van der Waals surface area contributed by atoms with E-state index in [0.29, 0.717) is 16.6 Å². The van der Waals surface area contributed by atoms with Gasteiger partial charge in [-0.05, 0) is 9.97 Å². The molecule has 0 fully saturated rings. The molecule has 0 saturated carbocycles. The van der Waals surface area contributed by atoms with Crippen molar-refractivity contribution in [1.82, 2.24) is 9.97 Å². The van der Waals surface area contributed by atoms with Crippen molar-refractivity contribution in [3.05, 3.63) is 6.07 Å². The summed E-state index contributed by atoms with van der Waals surface area (Å²) in [5.74, 6) is 0.658. The number of hydrogen-bond acceptors (Lipinski definition) is 6. The Kier molecular flexibility index (Phi) is 3.16. The Morgan fingerprint density at radius 1 is 1.14 bits per heavy atom. The van der Waals surface area contributed by atoms with Crippen molar-refractivity contribution in [3.63, 3.8) is 0 Å². The van der Waals surface area contributed by atoms with Gasteiger partial charge in [0.25, 0.3) is 0 Å². The van der Waals surface area contributed by atoms with Crippen molar-refractivity contribution < 1.29 is 19.2 Å². The second kappa shape index (κ2) is 4.35. The van der Waals surface area contributed by atoms with E-state index in [1.54, 1.807) is 0 Å². The Labute approximate surface area is 80.7 Å². The van der Waals surface area contributed by atoms with Gasteiger partial charge in [0.1, 0.15) is 7.11 Å². The zero-order chi connectivity index (χ0) is 10.6. The maximum absolute atomic E-state index is 7.28. The van der Waals surface area contributed by atoms with E-state index in [1.165, 1.54) is 27.4 Å². The van der Waals surface area contributed by atoms with Crippen LogP contribution in [0.1, 0.15) is 0 Å².